The summed E-state index contributed by atoms with van der Waals surface area (Å²) in [5.74, 6) is 0. The molecule has 0 radical (unpaired) electrons. The summed E-state index contributed by atoms with van der Waals surface area (Å²) < 4.78 is 6.54. The van der Waals surface area contributed by atoms with Crippen LogP contribution in [0, 0.1) is 0 Å². The first-order valence-corrected chi connectivity index (χ1v) is 22.3. The first-order valence-electron chi connectivity index (χ1n) is 22.3. The monoisotopic (exact) mass is 813 g/mol. The van der Waals surface area contributed by atoms with E-state index in [9.17, 15) is 0 Å². The minimum absolute atomic E-state index is 0.592. The van der Waals surface area contributed by atoms with Gasteiger partial charge in [0, 0.05) is 16.8 Å². The van der Waals surface area contributed by atoms with Crippen molar-refractivity contribution >= 4 is 39.0 Å². The van der Waals surface area contributed by atoms with E-state index in [1.807, 2.05) is 0 Å². The van der Waals surface area contributed by atoms with Crippen LogP contribution in [0.25, 0.3) is 77.6 Å². The van der Waals surface area contributed by atoms with Gasteiger partial charge in [0.15, 0.2) is 0 Å². The van der Waals surface area contributed by atoms with Crippen LogP contribution in [0.3, 0.4) is 0 Å². The van der Waals surface area contributed by atoms with Crippen molar-refractivity contribution in [1.82, 2.24) is 0 Å². The maximum atomic E-state index is 6.54. The van der Waals surface area contributed by atoms with E-state index in [2.05, 4.69) is 229 Å². The fourth-order valence-electron chi connectivity index (χ4n) is 11.7. The van der Waals surface area contributed by atoms with E-state index >= 15 is 0 Å². The number of hydrogen-bond acceptors (Lipinski definition) is 2. The largest absolute Gasteiger partial charge is 0.456 e. The first kappa shape index (κ1) is 35.4. The third-order valence-corrected chi connectivity index (χ3v) is 14.3. The summed E-state index contributed by atoms with van der Waals surface area (Å²) in [7, 11) is 0. The van der Waals surface area contributed by atoms with E-state index in [-0.39, 0.29) is 0 Å². The molecule has 1 aromatic heterocycles. The molecule has 2 heteroatoms. The zero-order valence-electron chi connectivity index (χ0n) is 34.9. The van der Waals surface area contributed by atoms with Gasteiger partial charge in [-0.05, 0) is 138 Å². The molecule has 0 amide bonds. The number of para-hydroxylation sites is 1. The van der Waals surface area contributed by atoms with Crippen LogP contribution in [0.15, 0.2) is 229 Å². The molecule has 64 heavy (non-hydrogen) atoms. The normalized spacial score (nSPS) is 14.9. The predicted molar refractivity (Wildman–Crippen MR) is 264 cm³/mol. The number of rotatable bonds is 4. The van der Waals surface area contributed by atoms with Gasteiger partial charge in [0.25, 0.3) is 0 Å². The molecular formula is C62H39NO. The molecule has 10 aromatic carbocycles. The van der Waals surface area contributed by atoms with Gasteiger partial charge < -0.3 is 9.32 Å². The smallest absolute Gasteiger partial charge is 0.137 e. The third-order valence-electron chi connectivity index (χ3n) is 14.3. The minimum Gasteiger partial charge on any atom is -0.456 e. The fraction of sp³-hybridized carbons (Fsp3) is 0.0323. The quantitative estimate of drug-likeness (QED) is 0.176. The summed E-state index contributed by atoms with van der Waals surface area (Å²) in [6, 6.07) is 83.2. The SMILES string of the molecule is c1ccc(-c2ccc(N(c3ccc4c(c3)-c3ccccc3-c3ccccc3C43c4ccccc4-c4c3ccc3c4-c4ccccc4C3)c3cccc4oc5ccccc5c34)cc2)cc1. The predicted octanol–water partition coefficient (Wildman–Crippen LogP) is 16.3. The second-order valence-electron chi connectivity index (χ2n) is 17.5. The molecule has 0 saturated heterocycles. The molecule has 0 N–H and O–H groups in total. The Morgan fingerprint density at radius 3 is 1.78 bits per heavy atom. The summed E-state index contributed by atoms with van der Waals surface area (Å²) in [6.07, 6.45) is 0.955. The molecule has 0 aliphatic heterocycles. The highest BCUT2D eigenvalue weighted by Gasteiger charge is 2.51. The molecule has 298 valence electrons. The molecular weight excluding hydrogens is 775 g/mol. The van der Waals surface area contributed by atoms with Gasteiger partial charge >= 0.3 is 0 Å². The summed E-state index contributed by atoms with van der Waals surface area (Å²) >= 11 is 0. The van der Waals surface area contributed by atoms with E-state index in [4.69, 9.17) is 4.42 Å². The van der Waals surface area contributed by atoms with Crippen LogP contribution in [0.5, 0.6) is 0 Å². The summed E-state index contributed by atoms with van der Waals surface area (Å²) in [6.45, 7) is 0. The van der Waals surface area contributed by atoms with Crippen LogP contribution in [-0.4, -0.2) is 0 Å². The van der Waals surface area contributed by atoms with Crippen molar-refractivity contribution in [3.63, 3.8) is 0 Å². The molecule has 1 heterocycles. The van der Waals surface area contributed by atoms with Crippen LogP contribution in [-0.2, 0) is 11.8 Å². The van der Waals surface area contributed by atoms with Gasteiger partial charge in [0.2, 0.25) is 0 Å². The standard InChI is InChI=1S/C62H39NO/c1-2-15-39(16-3-1)40-29-32-43(33-30-40)63(56-26-14-28-58-61(56)50-23-10-13-27-57(50)64-58)44-34-36-54-51(38-44)47-20-7-6-19-46(47)48-21-8-11-24-52(48)62(54)53-25-12-9-22-49(53)60-55(62)35-31-42-37-41-17-4-5-18-45(41)59(42)60/h1-36,38H,37H2. The molecule has 0 saturated carbocycles. The Hall–Kier alpha value is -8.20. The number of nitrogens with zero attached hydrogens (tertiary/aromatic N) is 1. The van der Waals surface area contributed by atoms with Gasteiger partial charge in [-0.15, -0.1) is 0 Å². The number of hydrogen-bond donors (Lipinski definition) is 0. The number of fused-ring (bicyclic) bond motifs is 19. The lowest BCUT2D eigenvalue weighted by molar-refractivity contribution is 0.669. The molecule has 3 aliphatic rings. The van der Waals surface area contributed by atoms with Crippen LogP contribution in [0.4, 0.5) is 17.1 Å². The average molecular weight is 814 g/mol. The highest BCUT2D eigenvalue weighted by molar-refractivity contribution is 6.13. The average Bonchev–Trinajstić information content (AvgIpc) is 4.01. The van der Waals surface area contributed by atoms with E-state index in [0.717, 1.165) is 45.4 Å². The number of anilines is 3. The van der Waals surface area contributed by atoms with Gasteiger partial charge in [-0.2, -0.15) is 0 Å². The lowest BCUT2D eigenvalue weighted by Gasteiger charge is -2.36. The van der Waals surface area contributed by atoms with E-state index < -0.39 is 5.41 Å². The van der Waals surface area contributed by atoms with Crippen molar-refractivity contribution in [2.75, 3.05) is 4.90 Å². The zero-order valence-corrected chi connectivity index (χ0v) is 34.9. The highest BCUT2D eigenvalue weighted by atomic mass is 16.3. The number of furan rings is 1. The van der Waals surface area contributed by atoms with Gasteiger partial charge in [0.1, 0.15) is 11.2 Å². The molecule has 1 spiro atoms. The molecule has 14 rings (SSSR count). The van der Waals surface area contributed by atoms with Crippen LogP contribution >= 0.6 is 0 Å². The van der Waals surface area contributed by atoms with Gasteiger partial charge in [-0.1, -0.05) is 182 Å². The summed E-state index contributed by atoms with van der Waals surface area (Å²) in [5, 5.41) is 2.19. The number of benzene rings is 10. The molecule has 11 aromatic rings. The lowest BCUT2D eigenvalue weighted by Crippen LogP contribution is -2.29. The van der Waals surface area contributed by atoms with Gasteiger partial charge in [-0.25, -0.2) is 0 Å². The second kappa shape index (κ2) is 13.4. The van der Waals surface area contributed by atoms with Crippen LogP contribution in [0.1, 0.15) is 33.4 Å². The Balaban J connectivity index is 1.08. The minimum atomic E-state index is -0.592. The summed E-state index contributed by atoms with van der Waals surface area (Å²) in [5.41, 5.74) is 25.2. The van der Waals surface area contributed by atoms with E-state index in [1.54, 1.807) is 0 Å². The summed E-state index contributed by atoms with van der Waals surface area (Å²) in [4.78, 5) is 2.44. The Morgan fingerprint density at radius 1 is 0.359 bits per heavy atom. The van der Waals surface area contributed by atoms with Crippen molar-refractivity contribution in [1.29, 1.82) is 0 Å². The Morgan fingerprint density at radius 2 is 0.953 bits per heavy atom. The van der Waals surface area contributed by atoms with Crippen molar-refractivity contribution < 1.29 is 4.42 Å². The molecule has 0 fully saturated rings. The van der Waals surface area contributed by atoms with Crippen LogP contribution in [0.2, 0.25) is 0 Å². The topological polar surface area (TPSA) is 16.4 Å². The van der Waals surface area contributed by atoms with Crippen molar-refractivity contribution in [3.05, 3.63) is 258 Å². The Labute approximate surface area is 372 Å². The fourth-order valence-corrected chi connectivity index (χ4v) is 11.7. The lowest BCUT2D eigenvalue weighted by atomic mass is 9.65. The van der Waals surface area contributed by atoms with Crippen LogP contribution < -0.4 is 4.90 Å². The Bertz CT molecular complexity index is 3710. The molecule has 0 bridgehead atoms. The molecule has 2 nitrogen and oxygen atoms in total. The van der Waals surface area contributed by atoms with Crippen molar-refractivity contribution in [3.8, 4) is 55.6 Å². The second-order valence-corrected chi connectivity index (χ2v) is 17.5. The zero-order chi connectivity index (χ0) is 41.9. The van der Waals surface area contributed by atoms with Crippen molar-refractivity contribution in [2.45, 2.75) is 11.8 Å². The van der Waals surface area contributed by atoms with Gasteiger partial charge in [0.05, 0.1) is 16.5 Å². The maximum Gasteiger partial charge on any atom is 0.137 e. The Kier molecular flexibility index (Phi) is 7.41. The highest BCUT2D eigenvalue weighted by Crippen LogP contribution is 2.64. The maximum absolute atomic E-state index is 6.54. The molecule has 1 atom stereocenters. The van der Waals surface area contributed by atoms with Crippen molar-refractivity contribution in [2.24, 2.45) is 0 Å². The van der Waals surface area contributed by atoms with E-state index in [1.165, 1.54) is 89.0 Å². The molecule has 3 aliphatic carbocycles. The third kappa shape index (κ3) is 4.80. The van der Waals surface area contributed by atoms with Gasteiger partial charge in [-0.3, -0.25) is 0 Å². The first-order chi connectivity index (χ1) is 31.8. The van der Waals surface area contributed by atoms with E-state index in [0.29, 0.717) is 0 Å². The molecule has 1 unspecified atom stereocenters.